The molecule has 0 bridgehead atoms. The van der Waals surface area contributed by atoms with Crippen LogP contribution in [-0.4, -0.2) is 42.3 Å². The summed E-state index contributed by atoms with van der Waals surface area (Å²) in [6.45, 7) is 12.2. The Kier molecular flexibility index (Phi) is 10.5. The van der Waals surface area contributed by atoms with E-state index in [4.69, 9.17) is 14.2 Å². The van der Waals surface area contributed by atoms with E-state index in [1.165, 1.54) is 19.1 Å². The quantitative estimate of drug-likeness (QED) is 0.206. The van der Waals surface area contributed by atoms with E-state index in [0.29, 0.717) is 29.9 Å². The van der Waals surface area contributed by atoms with E-state index in [2.05, 4.69) is 25.4 Å². The maximum absolute atomic E-state index is 14.5. The molecular formula is C31H36FNO6. The average molecular weight is 538 g/mol. The average Bonchev–Trinajstić information content (AvgIpc) is 3.19. The van der Waals surface area contributed by atoms with Crippen molar-refractivity contribution in [2.24, 2.45) is 5.92 Å². The number of rotatable bonds is 13. The van der Waals surface area contributed by atoms with E-state index >= 15 is 0 Å². The van der Waals surface area contributed by atoms with Gasteiger partial charge in [0.2, 0.25) is 0 Å². The number of benzene rings is 1. The highest BCUT2D eigenvalue weighted by atomic mass is 19.1. The van der Waals surface area contributed by atoms with Crippen LogP contribution in [-0.2, 0) is 14.3 Å². The van der Waals surface area contributed by atoms with Crippen LogP contribution in [0.4, 0.5) is 4.39 Å². The van der Waals surface area contributed by atoms with E-state index in [1.807, 2.05) is 0 Å². The number of esters is 1. The number of nitrogens with zero attached hydrogens (tertiary/aromatic N) is 1. The topological polar surface area (TPSA) is 91.8 Å². The second-order valence-corrected chi connectivity index (χ2v) is 9.33. The van der Waals surface area contributed by atoms with Crippen molar-refractivity contribution in [3.63, 3.8) is 0 Å². The van der Waals surface area contributed by atoms with Gasteiger partial charge in [0.25, 0.3) is 0 Å². The monoisotopic (exact) mass is 537 g/mol. The molecule has 208 valence electrons. The van der Waals surface area contributed by atoms with Crippen LogP contribution in [0.1, 0.15) is 85.7 Å². The molecule has 0 saturated carbocycles. The third-order valence-corrected chi connectivity index (χ3v) is 6.75. The third kappa shape index (κ3) is 6.99. The maximum atomic E-state index is 14.5. The highest BCUT2D eigenvalue weighted by Crippen LogP contribution is 2.35. The number of Topliss-reactive ketones (excluding diaryl/α,β-unsaturated/α-hetero) is 2. The van der Waals surface area contributed by atoms with Gasteiger partial charge >= 0.3 is 5.97 Å². The standard InChI is InChI=1S/C31H36FNO6/c1-6-20(7-2)18-39-26(34)11-10-16-38-21-13-14-22-23(17-21)30(36)27(29(22)35)25-15-12-19(5)28(33-25)31(37-9-4)24(32)8-3/h8,12-15,17,20,27H,5-7,9-11,16,18H2,1-4H3/b24-8+,31-28-. The summed E-state index contributed by atoms with van der Waals surface area (Å²) in [4.78, 5) is 42.9. The fourth-order valence-electron chi connectivity index (χ4n) is 4.33. The van der Waals surface area contributed by atoms with Gasteiger partial charge in [0.1, 0.15) is 17.0 Å². The van der Waals surface area contributed by atoms with Gasteiger partial charge in [-0.05, 0) is 61.7 Å². The predicted molar refractivity (Wildman–Crippen MR) is 147 cm³/mol. The summed E-state index contributed by atoms with van der Waals surface area (Å²) in [6, 6.07) is 7.86. The highest BCUT2D eigenvalue weighted by Gasteiger charge is 2.40. The number of ketones is 2. The number of pyridine rings is 1. The van der Waals surface area contributed by atoms with Gasteiger partial charge in [-0.1, -0.05) is 39.3 Å². The normalized spacial score (nSPS) is 15.8. The van der Waals surface area contributed by atoms with Crippen molar-refractivity contribution in [2.75, 3.05) is 19.8 Å². The number of ether oxygens (including phenoxy) is 3. The number of aromatic nitrogens is 1. The van der Waals surface area contributed by atoms with Crippen molar-refractivity contribution < 1.29 is 33.0 Å². The lowest BCUT2D eigenvalue weighted by Crippen LogP contribution is -2.33. The molecule has 0 aliphatic heterocycles. The van der Waals surface area contributed by atoms with Crippen LogP contribution < -0.4 is 15.3 Å². The van der Waals surface area contributed by atoms with Crippen molar-refractivity contribution in [3.05, 3.63) is 69.6 Å². The molecule has 0 fully saturated rings. The number of carbonyl (C=O) groups is 3. The number of fused-ring (bicyclic) bond motifs is 1. The minimum absolute atomic E-state index is 0.0858. The minimum Gasteiger partial charge on any atom is -0.494 e. The Morgan fingerprint density at radius 1 is 1.08 bits per heavy atom. The molecule has 1 atom stereocenters. The Labute approximate surface area is 228 Å². The van der Waals surface area contributed by atoms with Gasteiger partial charge in [-0.25, -0.2) is 9.37 Å². The summed E-state index contributed by atoms with van der Waals surface area (Å²) < 4.78 is 31.0. The van der Waals surface area contributed by atoms with Crippen LogP contribution in [0.3, 0.4) is 0 Å². The molecule has 7 nitrogen and oxygen atoms in total. The molecule has 0 amide bonds. The molecule has 0 saturated heterocycles. The molecule has 1 aliphatic rings. The summed E-state index contributed by atoms with van der Waals surface area (Å²) in [6.07, 6.45) is 3.87. The highest BCUT2D eigenvalue weighted by molar-refractivity contribution is 6.29. The lowest BCUT2D eigenvalue weighted by Gasteiger charge is -2.12. The number of allylic oxidation sites excluding steroid dienone is 1. The van der Waals surface area contributed by atoms with Gasteiger partial charge in [-0.15, -0.1) is 0 Å². The van der Waals surface area contributed by atoms with Crippen molar-refractivity contribution in [3.8, 4) is 5.75 Å². The zero-order valence-corrected chi connectivity index (χ0v) is 23.1. The van der Waals surface area contributed by atoms with E-state index in [9.17, 15) is 18.8 Å². The lowest BCUT2D eigenvalue weighted by atomic mass is 9.99. The largest absolute Gasteiger partial charge is 0.494 e. The molecule has 1 aromatic carbocycles. The number of hydrogen-bond donors (Lipinski definition) is 0. The number of hydrogen-bond acceptors (Lipinski definition) is 7. The zero-order valence-electron chi connectivity index (χ0n) is 23.1. The second kappa shape index (κ2) is 13.8. The smallest absolute Gasteiger partial charge is 0.305 e. The number of carbonyl (C=O) groups excluding carboxylic acids is 3. The molecule has 0 N–H and O–H groups in total. The fourth-order valence-corrected chi connectivity index (χ4v) is 4.33. The molecule has 3 rings (SSSR count). The van der Waals surface area contributed by atoms with Crippen LogP contribution in [0.2, 0.25) is 0 Å². The molecule has 0 spiro atoms. The first-order valence-electron chi connectivity index (χ1n) is 13.4. The third-order valence-electron chi connectivity index (χ3n) is 6.75. The molecule has 0 radical (unpaired) electrons. The van der Waals surface area contributed by atoms with Gasteiger partial charge in [0, 0.05) is 17.5 Å². The first-order chi connectivity index (χ1) is 18.7. The lowest BCUT2D eigenvalue weighted by molar-refractivity contribution is -0.145. The molecule has 1 unspecified atom stereocenters. The maximum Gasteiger partial charge on any atom is 0.305 e. The van der Waals surface area contributed by atoms with E-state index in [-0.39, 0.29) is 59.3 Å². The Bertz CT molecular complexity index is 1360. The van der Waals surface area contributed by atoms with Gasteiger partial charge < -0.3 is 14.2 Å². The van der Waals surface area contributed by atoms with Crippen LogP contribution in [0.25, 0.3) is 12.3 Å². The van der Waals surface area contributed by atoms with Crippen LogP contribution in [0.15, 0.2) is 42.2 Å². The van der Waals surface area contributed by atoms with Crippen molar-refractivity contribution in [2.45, 2.75) is 59.3 Å². The molecule has 2 aromatic rings. The Balaban J connectivity index is 1.73. The van der Waals surface area contributed by atoms with Gasteiger partial charge in [-0.3, -0.25) is 14.4 Å². The van der Waals surface area contributed by atoms with Crippen LogP contribution >= 0.6 is 0 Å². The zero-order chi connectivity index (χ0) is 28.5. The first-order valence-corrected chi connectivity index (χ1v) is 13.4. The van der Waals surface area contributed by atoms with E-state index < -0.39 is 17.5 Å². The molecule has 1 heterocycles. The van der Waals surface area contributed by atoms with Crippen molar-refractivity contribution in [1.29, 1.82) is 0 Å². The summed E-state index contributed by atoms with van der Waals surface area (Å²) >= 11 is 0. The predicted octanol–water partition coefficient (Wildman–Crippen LogP) is 4.81. The van der Waals surface area contributed by atoms with Crippen molar-refractivity contribution >= 4 is 29.9 Å². The SMILES string of the molecule is C=c1ccc(C2C(=O)c3ccc(OCCCC(=O)OCC(CC)CC)cc3C2=O)n/c1=C(OCC)/C(F)=C\C. The van der Waals surface area contributed by atoms with Crippen LogP contribution in [0.5, 0.6) is 5.75 Å². The van der Waals surface area contributed by atoms with Gasteiger partial charge in [-0.2, -0.15) is 0 Å². The molecule has 8 heteroatoms. The van der Waals surface area contributed by atoms with Gasteiger partial charge in [0.15, 0.2) is 23.2 Å². The Morgan fingerprint density at radius 2 is 1.79 bits per heavy atom. The van der Waals surface area contributed by atoms with Gasteiger partial charge in [0.05, 0.1) is 25.5 Å². The summed E-state index contributed by atoms with van der Waals surface area (Å²) in [5.41, 5.74) is 0.708. The minimum atomic E-state index is -1.16. The summed E-state index contributed by atoms with van der Waals surface area (Å²) in [5, 5.41) is 0.550. The molecule has 1 aromatic heterocycles. The van der Waals surface area contributed by atoms with E-state index in [0.717, 1.165) is 12.8 Å². The van der Waals surface area contributed by atoms with Crippen molar-refractivity contribution in [1.82, 2.24) is 4.98 Å². The van der Waals surface area contributed by atoms with Crippen LogP contribution in [0, 0.1) is 5.92 Å². The van der Waals surface area contributed by atoms with E-state index in [1.54, 1.807) is 31.2 Å². The Hall–Kier alpha value is -3.81. The fraction of sp³-hybridized carbons (Fsp3) is 0.419. The first kappa shape index (κ1) is 29.7. The summed E-state index contributed by atoms with van der Waals surface area (Å²) in [5.74, 6) is -2.12. The molecule has 39 heavy (non-hydrogen) atoms. The second-order valence-electron chi connectivity index (χ2n) is 9.33. The summed E-state index contributed by atoms with van der Waals surface area (Å²) in [7, 11) is 0. The molecule has 1 aliphatic carbocycles. The molecular weight excluding hydrogens is 501 g/mol. The Morgan fingerprint density at radius 3 is 2.46 bits per heavy atom. The number of halogens is 1.